The monoisotopic (exact) mass is 394 g/mol. The van der Waals surface area contributed by atoms with Crippen LogP contribution in [0.5, 0.6) is 11.5 Å². The van der Waals surface area contributed by atoms with Gasteiger partial charge in [0.15, 0.2) is 11.5 Å². The lowest BCUT2D eigenvalue weighted by Crippen LogP contribution is -2.08. The van der Waals surface area contributed by atoms with Crippen LogP contribution in [0.3, 0.4) is 0 Å². The maximum atomic E-state index is 13.3. The fraction of sp³-hybridized carbons (Fsp3) is 0.167. The Labute approximate surface area is 159 Å². The molecular weight excluding hydrogens is 379 g/mol. The van der Waals surface area contributed by atoms with Crippen LogP contribution < -0.4 is 14.8 Å². The van der Waals surface area contributed by atoms with Gasteiger partial charge in [0, 0.05) is 17.8 Å². The van der Waals surface area contributed by atoms with E-state index in [1.165, 1.54) is 25.3 Å². The first kappa shape index (κ1) is 20.2. The standard InChI is InChI=1S/C18H16ClFN2O5/c1-3-27-16-9-11(8-13(19)18(16)26-2)4-7-17(23)21-12-5-6-14(20)15(10-12)22(24)25/h4-10H,3H2,1-2H3,(H,21,23)/b7-4+. The number of carbonyl (C=O) groups is 1. The van der Waals surface area contributed by atoms with E-state index in [-0.39, 0.29) is 5.69 Å². The third kappa shape index (κ3) is 5.18. The SMILES string of the molecule is CCOc1cc(/C=C/C(=O)Nc2ccc(F)c([N+](=O)[O-])c2)cc(Cl)c1OC. The average molecular weight is 395 g/mol. The van der Waals surface area contributed by atoms with Crippen LogP contribution in [-0.4, -0.2) is 24.5 Å². The van der Waals surface area contributed by atoms with E-state index in [1.807, 2.05) is 6.92 Å². The summed E-state index contributed by atoms with van der Waals surface area (Å²) in [5.74, 6) is -0.717. The number of nitrogens with zero attached hydrogens (tertiary/aromatic N) is 1. The zero-order valence-corrected chi connectivity index (χ0v) is 15.2. The fourth-order valence-corrected chi connectivity index (χ4v) is 2.53. The molecule has 0 atom stereocenters. The molecule has 1 N–H and O–H groups in total. The first-order chi connectivity index (χ1) is 12.8. The minimum absolute atomic E-state index is 0.0977. The molecule has 0 radical (unpaired) electrons. The second-order valence-electron chi connectivity index (χ2n) is 5.21. The Hall–Kier alpha value is -3.13. The second kappa shape index (κ2) is 9.00. The van der Waals surface area contributed by atoms with Gasteiger partial charge in [-0.25, -0.2) is 0 Å². The molecule has 0 aliphatic heterocycles. The third-order valence-corrected chi connectivity index (χ3v) is 3.65. The summed E-state index contributed by atoms with van der Waals surface area (Å²) in [5, 5.41) is 13.5. The molecule has 0 unspecified atom stereocenters. The van der Waals surface area contributed by atoms with Crippen molar-refractivity contribution in [1.29, 1.82) is 0 Å². The number of anilines is 1. The molecule has 0 aliphatic rings. The van der Waals surface area contributed by atoms with E-state index in [2.05, 4.69) is 5.32 Å². The fourth-order valence-electron chi connectivity index (χ4n) is 2.23. The number of nitro benzene ring substituents is 1. The molecule has 0 heterocycles. The van der Waals surface area contributed by atoms with Crippen LogP contribution in [0.25, 0.3) is 6.08 Å². The number of hydrogen-bond acceptors (Lipinski definition) is 5. The Morgan fingerprint density at radius 1 is 1.37 bits per heavy atom. The van der Waals surface area contributed by atoms with E-state index in [1.54, 1.807) is 12.1 Å². The normalized spacial score (nSPS) is 10.7. The van der Waals surface area contributed by atoms with Gasteiger partial charge in [0.25, 0.3) is 0 Å². The van der Waals surface area contributed by atoms with Crippen molar-refractivity contribution in [3.05, 3.63) is 62.9 Å². The number of benzene rings is 2. The van der Waals surface area contributed by atoms with E-state index >= 15 is 0 Å². The lowest BCUT2D eigenvalue weighted by Gasteiger charge is -2.11. The van der Waals surface area contributed by atoms with Crippen molar-refractivity contribution in [2.24, 2.45) is 0 Å². The molecule has 2 aromatic carbocycles. The predicted octanol–water partition coefficient (Wildman–Crippen LogP) is 4.45. The van der Waals surface area contributed by atoms with Crippen LogP contribution in [0.2, 0.25) is 5.02 Å². The molecule has 142 valence electrons. The Morgan fingerprint density at radius 3 is 2.74 bits per heavy atom. The van der Waals surface area contributed by atoms with E-state index in [0.29, 0.717) is 28.7 Å². The van der Waals surface area contributed by atoms with Crippen molar-refractivity contribution in [1.82, 2.24) is 0 Å². The number of rotatable bonds is 7. The van der Waals surface area contributed by atoms with Crippen LogP contribution in [0.15, 0.2) is 36.4 Å². The molecule has 9 heteroatoms. The zero-order chi connectivity index (χ0) is 20.0. The molecule has 0 saturated heterocycles. The summed E-state index contributed by atoms with van der Waals surface area (Å²) in [6, 6.07) is 6.33. The molecule has 0 fully saturated rings. The van der Waals surface area contributed by atoms with Gasteiger partial charge in [-0.1, -0.05) is 11.6 Å². The number of nitrogens with one attached hydrogen (secondary N) is 1. The maximum Gasteiger partial charge on any atom is 0.306 e. The number of carbonyl (C=O) groups excluding carboxylic acids is 1. The average Bonchev–Trinajstić information content (AvgIpc) is 2.61. The molecule has 0 bridgehead atoms. The van der Waals surface area contributed by atoms with Gasteiger partial charge in [-0.3, -0.25) is 14.9 Å². The maximum absolute atomic E-state index is 13.3. The largest absolute Gasteiger partial charge is 0.491 e. The van der Waals surface area contributed by atoms with Crippen molar-refractivity contribution in [2.45, 2.75) is 6.92 Å². The van der Waals surface area contributed by atoms with Gasteiger partial charge < -0.3 is 14.8 Å². The molecule has 1 amide bonds. The van der Waals surface area contributed by atoms with Crippen molar-refractivity contribution in [3.63, 3.8) is 0 Å². The number of ether oxygens (including phenoxy) is 2. The van der Waals surface area contributed by atoms with Crippen molar-refractivity contribution < 1.29 is 23.6 Å². The Kier molecular flexibility index (Phi) is 6.73. The lowest BCUT2D eigenvalue weighted by atomic mass is 10.2. The van der Waals surface area contributed by atoms with Gasteiger partial charge in [0.2, 0.25) is 11.7 Å². The number of amides is 1. The summed E-state index contributed by atoms with van der Waals surface area (Å²) in [6.07, 6.45) is 2.70. The summed E-state index contributed by atoms with van der Waals surface area (Å²) < 4.78 is 24.0. The quantitative estimate of drug-likeness (QED) is 0.425. The van der Waals surface area contributed by atoms with Gasteiger partial charge in [0.05, 0.1) is 23.7 Å². The van der Waals surface area contributed by atoms with E-state index in [9.17, 15) is 19.3 Å². The number of halogens is 2. The smallest absolute Gasteiger partial charge is 0.306 e. The summed E-state index contributed by atoms with van der Waals surface area (Å²) in [5.41, 5.74) is -0.0370. The molecule has 0 aliphatic carbocycles. The Morgan fingerprint density at radius 2 is 2.11 bits per heavy atom. The first-order valence-corrected chi connectivity index (χ1v) is 8.16. The van der Waals surface area contributed by atoms with Crippen LogP contribution in [0, 0.1) is 15.9 Å². The molecule has 2 aromatic rings. The highest BCUT2D eigenvalue weighted by atomic mass is 35.5. The van der Waals surface area contributed by atoms with Crippen LogP contribution in [-0.2, 0) is 4.79 Å². The third-order valence-electron chi connectivity index (χ3n) is 3.37. The molecule has 0 saturated carbocycles. The van der Waals surface area contributed by atoms with Crippen LogP contribution in [0.1, 0.15) is 12.5 Å². The van der Waals surface area contributed by atoms with Gasteiger partial charge in [0.1, 0.15) is 0 Å². The molecule has 0 aromatic heterocycles. The topological polar surface area (TPSA) is 90.7 Å². The number of nitro groups is 1. The van der Waals surface area contributed by atoms with Gasteiger partial charge in [-0.2, -0.15) is 4.39 Å². The summed E-state index contributed by atoms with van der Waals surface area (Å²) in [4.78, 5) is 21.9. The minimum atomic E-state index is -0.982. The van der Waals surface area contributed by atoms with E-state index in [0.717, 1.165) is 12.1 Å². The predicted molar refractivity (Wildman–Crippen MR) is 99.9 cm³/mol. The summed E-state index contributed by atoms with van der Waals surface area (Å²) in [7, 11) is 1.47. The highest BCUT2D eigenvalue weighted by molar-refractivity contribution is 6.32. The second-order valence-corrected chi connectivity index (χ2v) is 5.62. The highest BCUT2D eigenvalue weighted by Gasteiger charge is 2.15. The van der Waals surface area contributed by atoms with Gasteiger partial charge >= 0.3 is 5.69 Å². The van der Waals surface area contributed by atoms with E-state index in [4.69, 9.17) is 21.1 Å². The Bertz CT molecular complexity index is 902. The van der Waals surface area contributed by atoms with Gasteiger partial charge in [-0.15, -0.1) is 0 Å². The van der Waals surface area contributed by atoms with Crippen molar-refractivity contribution in [3.8, 4) is 11.5 Å². The lowest BCUT2D eigenvalue weighted by molar-refractivity contribution is -0.387. The molecule has 0 spiro atoms. The minimum Gasteiger partial charge on any atom is -0.491 e. The summed E-state index contributed by atoms with van der Waals surface area (Å²) >= 11 is 6.14. The van der Waals surface area contributed by atoms with Crippen molar-refractivity contribution >= 4 is 35.0 Å². The molecular formula is C18H16ClFN2O5. The number of hydrogen-bond donors (Lipinski definition) is 1. The van der Waals surface area contributed by atoms with Crippen molar-refractivity contribution in [2.75, 3.05) is 19.0 Å². The number of methoxy groups -OCH3 is 1. The molecule has 27 heavy (non-hydrogen) atoms. The Balaban J connectivity index is 2.17. The van der Waals surface area contributed by atoms with E-state index < -0.39 is 22.3 Å². The highest BCUT2D eigenvalue weighted by Crippen LogP contribution is 2.36. The van der Waals surface area contributed by atoms with Crippen LogP contribution in [0.4, 0.5) is 15.8 Å². The summed E-state index contributed by atoms with van der Waals surface area (Å²) in [6.45, 7) is 2.22. The molecule has 2 rings (SSSR count). The molecule has 7 nitrogen and oxygen atoms in total. The first-order valence-electron chi connectivity index (χ1n) is 7.79. The zero-order valence-electron chi connectivity index (χ0n) is 14.5. The van der Waals surface area contributed by atoms with Gasteiger partial charge in [-0.05, 0) is 42.8 Å². The van der Waals surface area contributed by atoms with Crippen LogP contribution >= 0.6 is 11.6 Å².